The van der Waals surface area contributed by atoms with E-state index in [0.717, 1.165) is 7.11 Å². The quantitative estimate of drug-likeness (QED) is 0.314. The van der Waals surface area contributed by atoms with Crippen LogP contribution in [0.15, 0.2) is 98.1 Å². The molecular formula is C21H21OZr. The van der Waals surface area contributed by atoms with Gasteiger partial charge < -0.3 is 5.11 Å². The van der Waals surface area contributed by atoms with Crippen molar-refractivity contribution in [1.29, 1.82) is 0 Å². The summed E-state index contributed by atoms with van der Waals surface area (Å²) < 4.78 is 0. The largest absolute Gasteiger partial charge is 3.00 e. The van der Waals surface area contributed by atoms with E-state index in [-0.39, 0.29) is 26.2 Å². The van der Waals surface area contributed by atoms with Gasteiger partial charge in [-0.2, -0.15) is 42.1 Å². The number of benzene rings is 2. The molecule has 23 heavy (non-hydrogen) atoms. The van der Waals surface area contributed by atoms with Crippen molar-refractivity contribution in [2.24, 2.45) is 0 Å². The average Bonchev–Trinajstić information content (AvgIpc) is 3.28. The normalized spacial score (nSPS) is 8.43. The van der Waals surface area contributed by atoms with Crippen LogP contribution in [0.1, 0.15) is 0 Å². The summed E-state index contributed by atoms with van der Waals surface area (Å²) in [4.78, 5) is 0. The van der Waals surface area contributed by atoms with Crippen molar-refractivity contribution in [3.63, 3.8) is 0 Å². The van der Waals surface area contributed by atoms with E-state index in [0.29, 0.717) is 0 Å². The summed E-state index contributed by atoms with van der Waals surface area (Å²) in [5, 5.41) is 13.6. The van der Waals surface area contributed by atoms with E-state index >= 15 is 0 Å². The van der Waals surface area contributed by atoms with Crippen LogP contribution in [-0.2, 0) is 26.2 Å². The first-order valence-corrected chi connectivity index (χ1v) is 7.05. The van der Waals surface area contributed by atoms with Crippen molar-refractivity contribution in [3.05, 3.63) is 98.1 Å². The van der Waals surface area contributed by atoms with Gasteiger partial charge in [0.25, 0.3) is 0 Å². The molecule has 0 fully saturated rings. The molecule has 2 heteroatoms. The summed E-state index contributed by atoms with van der Waals surface area (Å²) in [6.07, 6.45) is 0. The van der Waals surface area contributed by atoms with Gasteiger partial charge in [-0.3, -0.25) is 0 Å². The van der Waals surface area contributed by atoms with Crippen LogP contribution in [0.25, 0.3) is 21.5 Å². The van der Waals surface area contributed by atoms with Gasteiger partial charge in [0.15, 0.2) is 0 Å². The minimum absolute atomic E-state index is 0. The molecule has 1 nitrogen and oxygen atoms in total. The topological polar surface area (TPSA) is 23.1 Å². The fraction of sp³-hybridized carbons (Fsp3) is 0.0476. The molecular weight excluding hydrogens is 359 g/mol. The molecule has 0 aliphatic rings. The number of hydrogen-bond acceptors (Lipinski definition) is 1. The predicted octanol–water partition coefficient (Wildman–Crippen LogP) is 4.89. The molecule has 4 rings (SSSR count). The Morgan fingerprint density at radius 3 is 1.35 bits per heavy atom. The maximum absolute atomic E-state index is 8.25. The van der Waals surface area contributed by atoms with Gasteiger partial charge in [-0.25, -0.2) is 0 Å². The summed E-state index contributed by atoms with van der Waals surface area (Å²) >= 11 is 0. The fourth-order valence-corrected chi connectivity index (χ4v) is 2.14. The Bertz CT molecular complexity index is 641. The van der Waals surface area contributed by atoms with Crippen LogP contribution in [0, 0.1) is 0 Å². The van der Waals surface area contributed by atoms with Crippen LogP contribution >= 0.6 is 0 Å². The number of fused-ring (bicyclic) bond motifs is 2. The Kier molecular flexibility index (Phi) is 11.8. The SMILES string of the molecule is C=C.C[O-].[Zr+3].c1ccc2[cH-]ccc2c1.c1ccc2[cH-]ccc2c1. The summed E-state index contributed by atoms with van der Waals surface area (Å²) in [5.41, 5.74) is 0. The maximum atomic E-state index is 8.25. The molecule has 0 aliphatic heterocycles. The van der Waals surface area contributed by atoms with Crippen molar-refractivity contribution in [2.45, 2.75) is 0 Å². The van der Waals surface area contributed by atoms with E-state index in [4.69, 9.17) is 5.11 Å². The van der Waals surface area contributed by atoms with Gasteiger partial charge in [0.05, 0.1) is 0 Å². The summed E-state index contributed by atoms with van der Waals surface area (Å²) in [5.74, 6) is 0. The Morgan fingerprint density at radius 1 is 0.652 bits per heavy atom. The Hall–Kier alpha value is -1.76. The maximum Gasteiger partial charge on any atom is 3.00 e. The molecule has 0 bridgehead atoms. The molecule has 0 aliphatic carbocycles. The molecule has 1 radical (unpaired) electrons. The molecule has 4 aromatic carbocycles. The molecule has 0 aromatic heterocycles. The summed E-state index contributed by atoms with van der Waals surface area (Å²) in [6, 6.07) is 29.3. The molecule has 0 unspecified atom stereocenters. The van der Waals surface area contributed by atoms with Crippen molar-refractivity contribution < 1.29 is 31.3 Å². The molecule has 0 spiro atoms. The molecule has 0 atom stereocenters. The Balaban J connectivity index is 0.000000335. The smallest absolute Gasteiger partial charge is 0.857 e. The molecule has 0 heterocycles. The fourth-order valence-electron chi connectivity index (χ4n) is 2.14. The van der Waals surface area contributed by atoms with Crippen LogP contribution in [0.4, 0.5) is 0 Å². The van der Waals surface area contributed by atoms with E-state index in [1.165, 1.54) is 21.5 Å². The molecule has 4 aromatic rings. The minimum atomic E-state index is 0. The van der Waals surface area contributed by atoms with Crippen molar-refractivity contribution in [3.8, 4) is 0 Å². The van der Waals surface area contributed by atoms with Gasteiger partial charge in [0.1, 0.15) is 0 Å². The van der Waals surface area contributed by atoms with Crippen LogP contribution < -0.4 is 5.11 Å². The first kappa shape index (κ1) is 21.2. The van der Waals surface area contributed by atoms with E-state index in [2.05, 4.69) is 98.1 Å². The molecule has 115 valence electrons. The molecule has 0 amide bonds. The monoisotopic (exact) mass is 379 g/mol. The predicted molar refractivity (Wildman–Crippen MR) is 96.3 cm³/mol. The second-order valence-corrected chi connectivity index (χ2v) is 4.31. The molecule has 0 saturated heterocycles. The van der Waals surface area contributed by atoms with E-state index < -0.39 is 0 Å². The summed E-state index contributed by atoms with van der Waals surface area (Å²) in [6.45, 7) is 6.00. The van der Waals surface area contributed by atoms with E-state index in [1.807, 2.05) is 0 Å². The van der Waals surface area contributed by atoms with Crippen molar-refractivity contribution in [2.75, 3.05) is 7.11 Å². The standard InChI is InChI=1S/2C9H7.C2H4.CH3O.Zr/c2*1-2-5-9-7-3-6-8(9)4-1;2*1-2;/h2*1-7H;1-2H2;1H3;/q2*-1;;-1;+3. The van der Waals surface area contributed by atoms with E-state index in [9.17, 15) is 0 Å². The van der Waals surface area contributed by atoms with Crippen LogP contribution in [0.5, 0.6) is 0 Å². The van der Waals surface area contributed by atoms with Crippen molar-refractivity contribution >= 4 is 21.5 Å². The Labute approximate surface area is 157 Å². The zero-order valence-electron chi connectivity index (χ0n) is 13.4. The summed E-state index contributed by atoms with van der Waals surface area (Å²) in [7, 11) is 0.750. The van der Waals surface area contributed by atoms with Gasteiger partial charge in [0, 0.05) is 0 Å². The van der Waals surface area contributed by atoms with Gasteiger partial charge in [-0.15, -0.1) is 72.5 Å². The van der Waals surface area contributed by atoms with Gasteiger partial charge in [-0.1, -0.05) is 12.1 Å². The zero-order valence-corrected chi connectivity index (χ0v) is 15.9. The van der Waals surface area contributed by atoms with Crippen LogP contribution in [0.2, 0.25) is 0 Å². The average molecular weight is 381 g/mol. The second-order valence-electron chi connectivity index (χ2n) is 4.31. The molecule has 0 saturated carbocycles. The van der Waals surface area contributed by atoms with Gasteiger partial charge in [-0.05, 0) is 0 Å². The minimum Gasteiger partial charge on any atom is -0.857 e. The Morgan fingerprint density at radius 2 is 1.00 bits per heavy atom. The molecule has 0 N–H and O–H groups in total. The van der Waals surface area contributed by atoms with Crippen molar-refractivity contribution in [1.82, 2.24) is 0 Å². The third-order valence-corrected chi connectivity index (χ3v) is 3.10. The first-order chi connectivity index (χ1) is 10.9. The van der Waals surface area contributed by atoms with E-state index in [1.54, 1.807) is 0 Å². The number of rotatable bonds is 0. The number of hydrogen-bond donors (Lipinski definition) is 0. The van der Waals surface area contributed by atoms with Crippen LogP contribution in [-0.4, -0.2) is 7.11 Å². The van der Waals surface area contributed by atoms with Gasteiger partial charge in [0.2, 0.25) is 0 Å². The first-order valence-electron chi connectivity index (χ1n) is 7.05. The third-order valence-electron chi connectivity index (χ3n) is 3.10. The second kappa shape index (κ2) is 12.8. The third kappa shape index (κ3) is 6.48. The van der Waals surface area contributed by atoms with Gasteiger partial charge >= 0.3 is 26.2 Å². The van der Waals surface area contributed by atoms with Crippen LogP contribution in [0.3, 0.4) is 0 Å². The zero-order chi connectivity index (χ0) is 16.2.